The average Bonchev–Trinajstić information content (AvgIpc) is 3.63. The van der Waals surface area contributed by atoms with Crippen molar-refractivity contribution in [1.82, 2.24) is 30.2 Å². The third-order valence-corrected chi connectivity index (χ3v) is 12.2. The van der Waals surface area contributed by atoms with Gasteiger partial charge in [-0.15, -0.1) is 0 Å². The van der Waals surface area contributed by atoms with Gasteiger partial charge in [0.05, 0.1) is 17.3 Å². The Hall–Kier alpha value is -6.63. The summed E-state index contributed by atoms with van der Waals surface area (Å²) >= 11 is 0. The number of aromatic hydroxyl groups is 1. The number of amides is 4. The number of aliphatic hydroxyl groups is 1. The number of nitrogens with one attached hydrogen (secondary N) is 1. The van der Waals surface area contributed by atoms with Crippen LogP contribution in [0.1, 0.15) is 52.9 Å². The SMILES string of the molecule is CCC(C)C(C(N)=O)([C@H](Cc1ccccc1)[C@H](O)CN(Cc1ccc(-c2ccccn2)cc1)NC(=O)c1cccc(O)c1C)N1CCN(Cc2ccnc3ccccc23)C1=O. The van der Waals surface area contributed by atoms with E-state index in [-0.39, 0.29) is 43.4 Å². The number of aromatic nitrogens is 2. The maximum absolute atomic E-state index is 14.8. The van der Waals surface area contributed by atoms with Crippen molar-refractivity contribution in [2.24, 2.45) is 17.6 Å². The minimum atomic E-state index is -1.64. The first-order valence-electron chi connectivity index (χ1n) is 20.8. The largest absolute Gasteiger partial charge is 0.508 e. The number of nitrogens with zero attached hydrogens (tertiary/aromatic N) is 5. The number of para-hydroxylation sites is 1. The van der Waals surface area contributed by atoms with E-state index in [0.29, 0.717) is 25.1 Å². The molecule has 0 radical (unpaired) electrons. The van der Waals surface area contributed by atoms with Crippen LogP contribution in [0.15, 0.2) is 134 Å². The van der Waals surface area contributed by atoms with Crippen molar-refractivity contribution < 1.29 is 24.6 Å². The summed E-state index contributed by atoms with van der Waals surface area (Å²) in [6, 6.07) is 37.1. The molecule has 5 N–H and O–H groups in total. The highest BCUT2D eigenvalue weighted by Crippen LogP contribution is 2.42. The normalized spacial score (nSPS) is 15.4. The van der Waals surface area contributed by atoms with E-state index in [2.05, 4.69) is 15.4 Å². The van der Waals surface area contributed by atoms with Crippen molar-refractivity contribution in [2.75, 3.05) is 19.6 Å². The summed E-state index contributed by atoms with van der Waals surface area (Å²) in [5.74, 6) is -2.60. The molecule has 0 saturated carbocycles. The van der Waals surface area contributed by atoms with E-state index >= 15 is 0 Å². The fourth-order valence-corrected chi connectivity index (χ4v) is 8.84. The van der Waals surface area contributed by atoms with E-state index in [1.54, 1.807) is 46.3 Å². The van der Waals surface area contributed by atoms with Gasteiger partial charge in [-0.2, -0.15) is 0 Å². The zero-order valence-corrected chi connectivity index (χ0v) is 34.8. The lowest BCUT2D eigenvalue weighted by Crippen LogP contribution is -2.69. The molecule has 1 aliphatic heterocycles. The summed E-state index contributed by atoms with van der Waals surface area (Å²) < 4.78 is 0. The minimum Gasteiger partial charge on any atom is -0.508 e. The van der Waals surface area contributed by atoms with E-state index in [0.717, 1.165) is 38.9 Å². The monoisotopic (exact) mass is 819 g/mol. The van der Waals surface area contributed by atoms with Gasteiger partial charge in [0.25, 0.3) is 5.91 Å². The van der Waals surface area contributed by atoms with Crippen molar-refractivity contribution in [3.05, 3.63) is 162 Å². The summed E-state index contributed by atoms with van der Waals surface area (Å²) in [5, 5.41) is 25.8. The van der Waals surface area contributed by atoms with Gasteiger partial charge in [-0.3, -0.25) is 25.0 Å². The molecule has 314 valence electrons. The first-order valence-corrected chi connectivity index (χ1v) is 20.8. The number of phenolic OH excluding ortho intramolecular Hbond substituents is 1. The van der Waals surface area contributed by atoms with Gasteiger partial charge >= 0.3 is 6.03 Å². The van der Waals surface area contributed by atoms with Crippen molar-refractivity contribution in [3.63, 3.8) is 0 Å². The number of hydrogen-bond acceptors (Lipinski definition) is 8. The van der Waals surface area contributed by atoms with Crippen molar-refractivity contribution in [1.29, 1.82) is 0 Å². The van der Waals surface area contributed by atoms with E-state index in [1.165, 1.54) is 6.07 Å². The van der Waals surface area contributed by atoms with Gasteiger partial charge in [-0.25, -0.2) is 9.80 Å². The van der Waals surface area contributed by atoms with Crippen LogP contribution in [-0.2, 0) is 24.3 Å². The van der Waals surface area contributed by atoms with Crippen molar-refractivity contribution in [3.8, 4) is 17.0 Å². The van der Waals surface area contributed by atoms with E-state index in [4.69, 9.17) is 5.73 Å². The number of aliphatic hydroxyl groups excluding tert-OH is 1. The molecule has 61 heavy (non-hydrogen) atoms. The van der Waals surface area contributed by atoms with Crippen LogP contribution in [0.25, 0.3) is 22.2 Å². The van der Waals surface area contributed by atoms with Gasteiger partial charge in [0, 0.05) is 73.1 Å². The number of pyridine rings is 2. The maximum Gasteiger partial charge on any atom is 0.321 e. The van der Waals surface area contributed by atoms with Crippen LogP contribution in [0.5, 0.6) is 5.75 Å². The Morgan fingerprint density at radius 3 is 2.33 bits per heavy atom. The second-order valence-electron chi connectivity index (χ2n) is 15.9. The zero-order valence-electron chi connectivity index (χ0n) is 34.8. The third-order valence-electron chi connectivity index (χ3n) is 12.2. The number of carbonyl (C=O) groups excluding carboxylic acids is 3. The molecule has 4 amide bonds. The number of fused-ring (bicyclic) bond motifs is 1. The summed E-state index contributed by atoms with van der Waals surface area (Å²) in [7, 11) is 0. The summed E-state index contributed by atoms with van der Waals surface area (Å²) in [6.45, 7) is 6.42. The number of primary amides is 1. The second kappa shape index (κ2) is 18.7. The van der Waals surface area contributed by atoms with Gasteiger partial charge in [0.2, 0.25) is 5.91 Å². The molecule has 1 saturated heterocycles. The van der Waals surface area contributed by atoms with Crippen LogP contribution >= 0.6 is 0 Å². The van der Waals surface area contributed by atoms with Crippen LogP contribution in [0.3, 0.4) is 0 Å². The Morgan fingerprint density at radius 1 is 0.869 bits per heavy atom. The molecule has 3 heterocycles. The predicted molar refractivity (Wildman–Crippen MR) is 236 cm³/mol. The smallest absolute Gasteiger partial charge is 0.321 e. The van der Waals surface area contributed by atoms with Crippen LogP contribution in [-0.4, -0.2) is 84.1 Å². The van der Waals surface area contributed by atoms with Crippen LogP contribution in [0.4, 0.5) is 4.79 Å². The predicted octanol–water partition coefficient (Wildman–Crippen LogP) is 6.89. The maximum atomic E-state index is 14.8. The molecule has 1 fully saturated rings. The number of phenols is 1. The van der Waals surface area contributed by atoms with Crippen molar-refractivity contribution in [2.45, 2.75) is 58.3 Å². The Kier molecular flexibility index (Phi) is 13.1. The molecule has 0 bridgehead atoms. The number of urea groups is 1. The molecule has 2 unspecified atom stereocenters. The quantitative estimate of drug-likeness (QED) is 0.0724. The van der Waals surface area contributed by atoms with Gasteiger partial charge in [-0.1, -0.05) is 105 Å². The van der Waals surface area contributed by atoms with Gasteiger partial charge in [0.1, 0.15) is 11.3 Å². The van der Waals surface area contributed by atoms with Gasteiger partial charge in [0.15, 0.2) is 0 Å². The zero-order chi connectivity index (χ0) is 43.1. The summed E-state index contributed by atoms with van der Waals surface area (Å²) in [6.07, 6.45) is 2.86. The molecule has 1 aliphatic rings. The Bertz CT molecular complexity index is 2460. The van der Waals surface area contributed by atoms with E-state index in [1.807, 2.05) is 117 Å². The lowest BCUT2D eigenvalue weighted by Gasteiger charge is -2.50. The summed E-state index contributed by atoms with van der Waals surface area (Å²) in [4.78, 5) is 55.5. The van der Waals surface area contributed by atoms with Crippen LogP contribution in [0.2, 0.25) is 0 Å². The average molecular weight is 820 g/mol. The van der Waals surface area contributed by atoms with E-state index in [9.17, 15) is 24.6 Å². The third kappa shape index (κ3) is 8.96. The van der Waals surface area contributed by atoms with Gasteiger partial charge < -0.3 is 25.7 Å². The first kappa shape index (κ1) is 42.5. The lowest BCUT2D eigenvalue weighted by atomic mass is 9.67. The standard InChI is InChI=1S/C49H53N7O5/c1-4-33(2)49(47(50)60,56-28-27-54(48(56)61)31-38-24-26-52-43-18-9-8-15-40(38)43)41(29-35-13-6-5-7-14-35)45(58)32-55(53-46(59)39-16-12-19-44(57)34(39)3)30-36-20-22-37(23-21-36)42-17-10-11-25-51-42/h5-26,33,41,45,57-58H,4,27-32H2,1-3H3,(H2,50,60)(H,53,59)/t33?,41-,45-,49?/m1/s1. The number of carbonyl (C=O) groups is 3. The fourth-order valence-electron chi connectivity index (χ4n) is 8.84. The highest BCUT2D eigenvalue weighted by molar-refractivity contribution is 5.96. The number of hydrazine groups is 1. The Morgan fingerprint density at radius 2 is 1.61 bits per heavy atom. The highest BCUT2D eigenvalue weighted by atomic mass is 16.3. The topological polar surface area (TPSA) is 165 Å². The fraction of sp³-hybridized carbons (Fsp3) is 0.286. The Labute approximate surface area is 356 Å². The molecule has 0 aliphatic carbocycles. The molecule has 6 aromatic rings. The number of hydrogen-bond donors (Lipinski definition) is 4. The van der Waals surface area contributed by atoms with Crippen LogP contribution in [0, 0.1) is 18.8 Å². The molecular formula is C49H53N7O5. The molecule has 2 aromatic heterocycles. The Balaban J connectivity index is 1.25. The van der Waals surface area contributed by atoms with Crippen molar-refractivity contribution >= 4 is 28.7 Å². The molecule has 12 heteroatoms. The molecule has 12 nitrogen and oxygen atoms in total. The number of nitrogens with two attached hydrogens (primary N) is 1. The summed E-state index contributed by atoms with van der Waals surface area (Å²) in [5.41, 5.74) is 13.8. The van der Waals surface area contributed by atoms with E-state index < -0.39 is 35.3 Å². The second-order valence-corrected chi connectivity index (χ2v) is 15.9. The molecule has 4 aromatic carbocycles. The molecular weight excluding hydrogens is 767 g/mol. The molecule has 0 spiro atoms. The first-order chi connectivity index (χ1) is 29.5. The number of rotatable bonds is 17. The highest BCUT2D eigenvalue weighted by Gasteiger charge is 2.58. The van der Waals surface area contributed by atoms with Gasteiger partial charge in [-0.05, 0) is 72.4 Å². The minimum absolute atomic E-state index is 0.0199. The lowest BCUT2D eigenvalue weighted by molar-refractivity contribution is -0.141. The van der Waals surface area contributed by atoms with Crippen LogP contribution < -0.4 is 11.2 Å². The molecule has 7 rings (SSSR count). The number of benzene rings is 4. The molecule has 4 atom stereocenters.